The van der Waals surface area contributed by atoms with Gasteiger partial charge in [-0.05, 0) is 49.1 Å². The van der Waals surface area contributed by atoms with E-state index in [2.05, 4.69) is 15.9 Å². The van der Waals surface area contributed by atoms with E-state index in [1.807, 2.05) is 6.07 Å². The van der Waals surface area contributed by atoms with Crippen molar-refractivity contribution in [2.24, 2.45) is 5.73 Å². The lowest BCUT2D eigenvalue weighted by Gasteiger charge is -2.08. The van der Waals surface area contributed by atoms with Crippen LogP contribution in [0.25, 0.3) is 0 Å². The van der Waals surface area contributed by atoms with Gasteiger partial charge in [0.05, 0.1) is 10.6 Å². The molecular formula is C11H14BrNO2S. The minimum atomic E-state index is -3.06. The van der Waals surface area contributed by atoms with Gasteiger partial charge in [0.1, 0.15) is 0 Å². The van der Waals surface area contributed by atoms with Gasteiger partial charge < -0.3 is 5.73 Å². The Hall–Kier alpha value is -0.390. The van der Waals surface area contributed by atoms with Crippen LogP contribution in [0.4, 0.5) is 0 Å². The van der Waals surface area contributed by atoms with E-state index in [9.17, 15) is 8.42 Å². The van der Waals surface area contributed by atoms with Crippen LogP contribution < -0.4 is 5.73 Å². The van der Waals surface area contributed by atoms with E-state index in [-0.39, 0.29) is 11.7 Å². The molecule has 2 N–H and O–H groups in total. The van der Waals surface area contributed by atoms with Gasteiger partial charge in [0.15, 0.2) is 9.84 Å². The summed E-state index contributed by atoms with van der Waals surface area (Å²) in [6, 6.07) is 5.39. The predicted molar refractivity (Wildman–Crippen MR) is 67.2 cm³/mol. The summed E-state index contributed by atoms with van der Waals surface area (Å²) in [4.78, 5) is 0.498. The third-order valence-electron chi connectivity index (χ3n) is 2.92. The second-order valence-corrected chi connectivity index (χ2v) is 7.01. The Morgan fingerprint density at radius 3 is 2.88 bits per heavy atom. The molecule has 1 aliphatic rings. The van der Waals surface area contributed by atoms with Gasteiger partial charge in [-0.2, -0.15) is 0 Å². The van der Waals surface area contributed by atoms with Crippen LogP contribution in [0.5, 0.6) is 0 Å². The summed E-state index contributed by atoms with van der Waals surface area (Å²) in [5.74, 6) is 0.347. The molecule has 1 atom stereocenters. The summed E-state index contributed by atoms with van der Waals surface area (Å²) in [7, 11) is -3.06. The fourth-order valence-corrected chi connectivity index (χ4v) is 4.46. The molecule has 0 bridgehead atoms. The summed E-state index contributed by atoms with van der Waals surface area (Å²) in [6.45, 7) is 0.611. The summed E-state index contributed by atoms with van der Waals surface area (Å²) < 4.78 is 24.7. The Morgan fingerprint density at radius 1 is 1.44 bits per heavy atom. The van der Waals surface area contributed by atoms with Crippen LogP contribution in [0.2, 0.25) is 0 Å². The topological polar surface area (TPSA) is 60.2 Å². The van der Waals surface area contributed by atoms with E-state index in [1.165, 1.54) is 0 Å². The van der Waals surface area contributed by atoms with Gasteiger partial charge in [0.25, 0.3) is 0 Å². The Balaban J connectivity index is 2.40. The van der Waals surface area contributed by atoms with Crippen molar-refractivity contribution in [1.82, 2.24) is 0 Å². The first-order valence-corrected chi connectivity index (χ1v) is 7.71. The molecule has 3 nitrogen and oxygen atoms in total. The Morgan fingerprint density at radius 2 is 2.19 bits per heavy atom. The number of nitrogens with two attached hydrogens (primary N) is 1. The normalized spacial score (nSPS) is 22.0. The summed E-state index contributed by atoms with van der Waals surface area (Å²) in [5.41, 5.74) is 6.41. The monoisotopic (exact) mass is 303 g/mol. The molecule has 0 saturated heterocycles. The molecule has 2 rings (SSSR count). The molecule has 0 spiro atoms. The van der Waals surface area contributed by atoms with Gasteiger partial charge in [0.2, 0.25) is 0 Å². The molecule has 16 heavy (non-hydrogen) atoms. The van der Waals surface area contributed by atoms with Crippen LogP contribution in [-0.2, 0) is 9.84 Å². The third-order valence-corrected chi connectivity index (χ3v) is 5.30. The van der Waals surface area contributed by atoms with Gasteiger partial charge in [-0.15, -0.1) is 0 Å². The van der Waals surface area contributed by atoms with Crippen molar-refractivity contribution in [2.45, 2.75) is 23.7 Å². The van der Waals surface area contributed by atoms with Gasteiger partial charge in [-0.1, -0.05) is 15.9 Å². The van der Waals surface area contributed by atoms with Crippen LogP contribution >= 0.6 is 15.9 Å². The highest BCUT2D eigenvalue weighted by Crippen LogP contribution is 2.38. The second kappa shape index (κ2) is 4.47. The number of hydrogen-bond donors (Lipinski definition) is 1. The Bertz CT molecular complexity index is 499. The molecule has 0 saturated carbocycles. The van der Waals surface area contributed by atoms with E-state index in [0.717, 1.165) is 22.9 Å². The molecule has 0 fully saturated rings. The number of rotatable bonds is 3. The first-order chi connectivity index (χ1) is 7.54. The molecule has 0 radical (unpaired) electrons. The van der Waals surface area contributed by atoms with E-state index < -0.39 is 9.84 Å². The minimum Gasteiger partial charge on any atom is -0.330 e. The maximum atomic E-state index is 11.9. The first-order valence-electron chi connectivity index (χ1n) is 5.27. The molecule has 1 aromatic carbocycles. The van der Waals surface area contributed by atoms with Crippen LogP contribution in [0.15, 0.2) is 27.6 Å². The van der Waals surface area contributed by atoms with Crippen LogP contribution in [0.3, 0.4) is 0 Å². The van der Waals surface area contributed by atoms with E-state index in [0.29, 0.717) is 11.4 Å². The van der Waals surface area contributed by atoms with E-state index >= 15 is 0 Å². The maximum Gasteiger partial charge on any atom is 0.179 e. The van der Waals surface area contributed by atoms with Crippen molar-refractivity contribution in [1.29, 1.82) is 0 Å². The number of sulfone groups is 1. The predicted octanol–water partition coefficient (Wildman–Crippen LogP) is 2.06. The number of fused-ring (bicyclic) bond motifs is 1. The largest absolute Gasteiger partial charge is 0.330 e. The van der Waals surface area contributed by atoms with E-state index in [4.69, 9.17) is 5.73 Å². The van der Waals surface area contributed by atoms with Crippen molar-refractivity contribution in [3.8, 4) is 0 Å². The number of hydrogen-bond acceptors (Lipinski definition) is 3. The Kier molecular flexibility index (Phi) is 3.37. The molecular weight excluding hydrogens is 290 g/mol. The zero-order valence-electron chi connectivity index (χ0n) is 8.82. The molecule has 5 heteroatoms. The third kappa shape index (κ3) is 2.17. The molecule has 1 aromatic rings. The molecule has 1 unspecified atom stereocenters. The average Bonchev–Trinajstić information content (AvgIpc) is 2.47. The van der Waals surface area contributed by atoms with Crippen molar-refractivity contribution < 1.29 is 8.42 Å². The molecule has 0 aliphatic carbocycles. The molecule has 1 aliphatic heterocycles. The molecule has 0 amide bonds. The highest BCUT2D eigenvalue weighted by Gasteiger charge is 2.34. The van der Waals surface area contributed by atoms with Gasteiger partial charge >= 0.3 is 0 Å². The SMILES string of the molecule is NCCCC1CS(=O)(=O)c2ccc(Br)cc21. The van der Waals surface area contributed by atoms with Crippen LogP contribution in [0, 0.1) is 0 Å². The zero-order valence-corrected chi connectivity index (χ0v) is 11.2. The standard InChI is InChI=1S/C11H14BrNO2S/c12-9-3-4-11-10(6-9)8(2-1-5-13)7-16(11,14)15/h3-4,6,8H,1-2,5,7,13H2. The molecule has 1 heterocycles. The van der Waals surface area contributed by atoms with Gasteiger partial charge in [-0.3, -0.25) is 0 Å². The quantitative estimate of drug-likeness (QED) is 0.930. The fourth-order valence-electron chi connectivity index (χ4n) is 2.17. The lowest BCUT2D eigenvalue weighted by atomic mass is 9.96. The highest BCUT2D eigenvalue weighted by atomic mass is 79.9. The maximum absolute atomic E-state index is 11.9. The summed E-state index contributed by atoms with van der Waals surface area (Å²) in [6.07, 6.45) is 1.71. The first kappa shape index (κ1) is 12.1. The number of benzene rings is 1. The van der Waals surface area contributed by atoms with Crippen molar-refractivity contribution in [3.05, 3.63) is 28.2 Å². The molecule has 88 valence electrons. The summed E-state index contributed by atoms with van der Waals surface area (Å²) in [5, 5.41) is 0. The van der Waals surface area contributed by atoms with Crippen LogP contribution in [-0.4, -0.2) is 20.7 Å². The number of halogens is 1. The van der Waals surface area contributed by atoms with Gasteiger partial charge in [-0.25, -0.2) is 8.42 Å². The minimum absolute atomic E-state index is 0.112. The second-order valence-electron chi connectivity index (χ2n) is 4.09. The average molecular weight is 304 g/mol. The smallest absolute Gasteiger partial charge is 0.179 e. The Labute approximate surface area is 104 Å². The highest BCUT2D eigenvalue weighted by molar-refractivity contribution is 9.10. The van der Waals surface area contributed by atoms with E-state index in [1.54, 1.807) is 12.1 Å². The van der Waals surface area contributed by atoms with Crippen molar-refractivity contribution >= 4 is 25.8 Å². The molecule has 0 aromatic heterocycles. The fraction of sp³-hybridized carbons (Fsp3) is 0.455. The van der Waals surface area contributed by atoms with Crippen molar-refractivity contribution in [3.63, 3.8) is 0 Å². The summed E-state index contributed by atoms with van der Waals surface area (Å²) >= 11 is 3.38. The van der Waals surface area contributed by atoms with Crippen molar-refractivity contribution in [2.75, 3.05) is 12.3 Å². The lowest BCUT2D eigenvalue weighted by Crippen LogP contribution is -2.06. The lowest BCUT2D eigenvalue weighted by molar-refractivity contribution is 0.591. The van der Waals surface area contributed by atoms with Gasteiger partial charge in [0, 0.05) is 4.47 Å². The van der Waals surface area contributed by atoms with Crippen LogP contribution in [0.1, 0.15) is 24.3 Å². The zero-order chi connectivity index (χ0) is 11.8.